The van der Waals surface area contributed by atoms with E-state index in [0.29, 0.717) is 23.3 Å². The van der Waals surface area contributed by atoms with Crippen molar-refractivity contribution in [2.24, 2.45) is 0 Å². The largest absolute Gasteiger partial charge is 0.360 e. The summed E-state index contributed by atoms with van der Waals surface area (Å²) in [7, 11) is 0. The summed E-state index contributed by atoms with van der Waals surface area (Å²) in [5.74, 6) is -4.38. The van der Waals surface area contributed by atoms with Crippen molar-refractivity contribution in [2.75, 3.05) is 10.6 Å². The molecule has 0 bridgehead atoms. The van der Waals surface area contributed by atoms with Crippen molar-refractivity contribution in [3.05, 3.63) is 58.9 Å². The molecule has 10 heteroatoms. The Kier molecular flexibility index (Phi) is 4.57. The Morgan fingerprint density at radius 2 is 1.85 bits per heavy atom. The number of benzene rings is 1. The Morgan fingerprint density at radius 3 is 2.54 bits per heavy atom. The fraction of sp³-hybridized carbons (Fsp3) is 0.125. The van der Waals surface area contributed by atoms with Crippen LogP contribution in [0.3, 0.4) is 0 Å². The van der Waals surface area contributed by atoms with Crippen LogP contribution in [0.2, 0.25) is 0 Å². The normalized spacial score (nSPS) is 10.7. The minimum absolute atomic E-state index is 0.0641. The highest BCUT2D eigenvalue weighted by atomic mass is 19.2. The molecule has 0 saturated carbocycles. The number of carbonyl (C=O) groups excluding carboxylic acids is 1. The Labute approximate surface area is 145 Å². The Bertz CT molecular complexity index is 990. The summed E-state index contributed by atoms with van der Waals surface area (Å²) in [4.78, 5) is 20.4. The molecule has 0 fully saturated rings. The topological polar surface area (TPSA) is 92.9 Å². The minimum atomic E-state index is -1.68. The van der Waals surface area contributed by atoms with Gasteiger partial charge in [0.25, 0.3) is 5.91 Å². The van der Waals surface area contributed by atoms with Gasteiger partial charge in [-0.25, -0.2) is 23.1 Å². The number of hydrogen-bond donors (Lipinski definition) is 2. The molecule has 0 radical (unpaired) electrons. The van der Waals surface area contributed by atoms with Crippen molar-refractivity contribution in [1.29, 1.82) is 0 Å². The molecule has 1 amide bonds. The lowest BCUT2D eigenvalue weighted by Gasteiger charge is -2.09. The molecule has 2 heterocycles. The summed E-state index contributed by atoms with van der Waals surface area (Å²) in [5.41, 5.74) is -0.172. The second kappa shape index (κ2) is 6.82. The van der Waals surface area contributed by atoms with Gasteiger partial charge in [0.2, 0.25) is 5.95 Å². The van der Waals surface area contributed by atoms with Crippen LogP contribution in [0.15, 0.2) is 28.8 Å². The van der Waals surface area contributed by atoms with Crippen molar-refractivity contribution in [2.45, 2.75) is 13.8 Å². The van der Waals surface area contributed by atoms with Crippen LogP contribution >= 0.6 is 0 Å². The van der Waals surface area contributed by atoms with E-state index in [4.69, 9.17) is 4.52 Å². The van der Waals surface area contributed by atoms with Crippen LogP contribution in [0.1, 0.15) is 21.9 Å². The average Bonchev–Trinajstić information content (AvgIpc) is 2.99. The van der Waals surface area contributed by atoms with Crippen molar-refractivity contribution in [1.82, 2.24) is 15.1 Å². The van der Waals surface area contributed by atoms with Crippen molar-refractivity contribution in [3.63, 3.8) is 0 Å². The van der Waals surface area contributed by atoms with Gasteiger partial charge in [-0.05, 0) is 32.0 Å². The van der Waals surface area contributed by atoms with Gasteiger partial charge >= 0.3 is 0 Å². The average molecular weight is 363 g/mol. The number of nitrogens with one attached hydrogen (secondary N) is 2. The maximum Gasteiger partial charge on any atom is 0.274 e. The molecule has 134 valence electrons. The van der Waals surface area contributed by atoms with Crippen LogP contribution in [0, 0.1) is 31.3 Å². The molecule has 0 spiro atoms. The third-order valence-corrected chi connectivity index (χ3v) is 3.24. The lowest BCUT2D eigenvalue weighted by Crippen LogP contribution is -2.17. The van der Waals surface area contributed by atoms with Gasteiger partial charge in [-0.15, -0.1) is 0 Å². The molecule has 0 saturated heterocycles. The number of anilines is 3. The van der Waals surface area contributed by atoms with Gasteiger partial charge in [-0.1, -0.05) is 5.16 Å². The molecular formula is C16H12F3N5O2. The highest BCUT2D eigenvalue weighted by molar-refractivity contribution is 6.03. The Balaban J connectivity index is 1.84. The zero-order valence-electron chi connectivity index (χ0n) is 13.6. The van der Waals surface area contributed by atoms with Crippen LogP contribution in [-0.2, 0) is 0 Å². The second-order valence-corrected chi connectivity index (χ2v) is 5.34. The van der Waals surface area contributed by atoms with Gasteiger partial charge in [0.1, 0.15) is 11.5 Å². The van der Waals surface area contributed by atoms with Gasteiger partial charge in [0, 0.05) is 11.8 Å². The number of carbonyl (C=O) groups is 1. The fourth-order valence-corrected chi connectivity index (χ4v) is 2.09. The zero-order valence-corrected chi connectivity index (χ0v) is 13.6. The van der Waals surface area contributed by atoms with Crippen LogP contribution in [0.5, 0.6) is 0 Å². The molecule has 0 aliphatic carbocycles. The summed E-state index contributed by atoms with van der Waals surface area (Å²) in [6, 6.07) is 4.57. The van der Waals surface area contributed by atoms with E-state index < -0.39 is 29.0 Å². The highest BCUT2D eigenvalue weighted by Crippen LogP contribution is 2.20. The number of rotatable bonds is 4. The van der Waals surface area contributed by atoms with E-state index in [1.54, 1.807) is 19.9 Å². The van der Waals surface area contributed by atoms with E-state index in [-0.39, 0.29) is 11.6 Å². The van der Waals surface area contributed by atoms with E-state index in [2.05, 4.69) is 25.8 Å². The molecule has 3 aromatic rings. The molecule has 0 unspecified atom stereocenters. The predicted octanol–water partition coefficient (Wildman–Crippen LogP) is 3.49. The van der Waals surface area contributed by atoms with E-state index in [1.807, 2.05) is 0 Å². The van der Waals surface area contributed by atoms with Gasteiger partial charge in [-0.3, -0.25) is 4.79 Å². The quantitative estimate of drug-likeness (QED) is 0.689. The minimum Gasteiger partial charge on any atom is -0.360 e. The van der Waals surface area contributed by atoms with Gasteiger partial charge < -0.3 is 15.2 Å². The third kappa shape index (κ3) is 3.63. The molecule has 2 aromatic heterocycles. The molecule has 0 aliphatic heterocycles. The lowest BCUT2D eigenvalue weighted by atomic mass is 10.2. The van der Waals surface area contributed by atoms with E-state index >= 15 is 0 Å². The first kappa shape index (κ1) is 17.4. The summed E-state index contributed by atoms with van der Waals surface area (Å²) in [6.07, 6.45) is 0. The van der Waals surface area contributed by atoms with Gasteiger partial charge in [0.05, 0.1) is 5.69 Å². The molecule has 0 atom stereocenters. The SMILES string of the molecule is Cc1cc(C(=O)Nc2ccc(F)c(F)c2F)nc(Nc2cc(C)on2)n1. The van der Waals surface area contributed by atoms with E-state index in [1.165, 1.54) is 6.07 Å². The summed E-state index contributed by atoms with van der Waals surface area (Å²) < 4.78 is 44.8. The fourth-order valence-electron chi connectivity index (χ4n) is 2.09. The number of nitrogens with zero attached hydrogens (tertiary/aromatic N) is 3. The highest BCUT2D eigenvalue weighted by Gasteiger charge is 2.17. The second-order valence-electron chi connectivity index (χ2n) is 5.34. The number of aromatic nitrogens is 3. The first-order chi connectivity index (χ1) is 12.3. The van der Waals surface area contributed by atoms with Gasteiger partial charge in [-0.2, -0.15) is 0 Å². The predicted molar refractivity (Wildman–Crippen MR) is 85.6 cm³/mol. The Hall–Kier alpha value is -3.43. The third-order valence-electron chi connectivity index (χ3n) is 3.24. The molecule has 3 rings (SSSR count). The number of hydrogen-bond acceptors (Lipinski definition) is 6. The molecule has 26 heavy (non-hydrogen) atoms. The number of amides is 1. The van der Waals surface area contributed by atoms with E-state index in [9.17, 15) is 18.0 Å². The lowest BCUT2D eigenvalue weighted by molar-refractivity contribution is 0.102. The van der Waals surface area contributed by atoms with Crippen LogP contribution < -0.4 is 10.6 Å². The van der Waals surface area contributed by atoms with Crippen molar-refractivity contribution in [3.8, 4) is 0 Å². The van der Waals surface area contributed by atoms with E-state index in [0.717, 1.165) is 6.07 Å². The zero-order chi connectivity index (χ0) is 18.8. The van der Waals surface area contributed by atoms with Crippen LogP contribution in [0.4, 0.5) is 30.6 Å². The molecule has 0 aliphatic rings. The van der Waals surface area contributed by atoms with Gasteiger partial charge in [0.15, 0.2) is 23.3 Å². The molecule has 1 aromatic carbocycles. The summed E-state index contributed by atoms with van der Waals surface area (Å²) >= 11 is 0. The maximum absolute atomic E-state index is 13.7. The summed E-state index contributed by atoms with van der Waals surface area (Å²) in [6.45, 7) is 3.32. The standard InChI is InChI=1S/C16H12F3N5O2/c1-7-5-11(22-16(20-7)23-12-6-8(2)26-24-12)15(25)21-10-4-3-9(17)13(18)14(10)19/h3-6H,1-2H3,(H,21,25)(H,20,22,23,24). The monoisotopic (exact) mass is 363 g/mol. The molecule has 2 N–H and O–H groups in total. The Morgan fingerprint density at radius 1 is 1.08 bits per heavy atom. The first-order valence-corrected chi connectivity index (χ1v) is 7.34. The molecule has 7 nitrogen and oxygen atoms in total. The molecular weight excluding hydrogens is 351 g/mol. The number of halogens is 3. The smallest absolute Gasteiger partial charge is 0.274 e. The van der Waals surface area contributed by atoms with Crippen molar-refractivity contribution < 1.29 is 22.5 Å². The van der Waals surface area contributed by atoms with Crippen molar-refractivity contribution >= 4 is 23.4 Å². The van der Waals surface area contributed by atoms with Crippen LogP contribution in [0.25, 0.3) is 0 Å². The van der Waals surface area contributed by atoms with Crippen LogP contribution in [-0.4, -0.2) is 21.0 Å². The first-order valence-electron chi connectivity index (χ1n) is 7.34. The summed E-state index contributed by atoms with van der Waals surface area (Å²) in [5, 5.41) is 8.63. The number of aryl methyl sites for hydroxylation is 2. The maximum atomic E-state index is 13.7.